The molecule has 0 bridgehead atoms. The van der Waals surface area contributed by atoms with Crippen molar-refractivity contribution < 1.29 is 47.8 Å². The fourth-order valence-corrected chi connectivity index (χ4v) is 3.89. The molecule has 1 unspecified atom stereocenters. The number of hydrogen-bond acceptors (Lipinski definition) is 11. The van der Waals surface area contributed by atoms with Gasteiger partial charge in [0.05, 0.1) is 11.2 Å². The highest BCUT2D eigenvalue weighted by molar-refractivity contribution is 7.92. The van der Waals surface area contributed by atoms with Crippen LogP contribution in [0.1, 0.15) is 23.2 Å². The molecule has 1 atom stereocenters. The highest BCUT2D eigenvalue weighted by Gasteiger charge is 2.09. The van der Waals surface area contributed by atoms with Crippen molar-refractivity contribution in [3.63, 3.8) is 0 Å². The molecule has 0 saturated heterocycles. The Labute approximate surface area is 248 Å². The van der Waals surface area contributed by atoms with Crippen LogP contribution in [0, 0.1) is 10.1 Å². The normalized spacial score (nSPS) is 11.5. The number of ether oxygens (including phenoxy) is 1. The molecule has 16 nitrogen and oxygen atoms in total. The number of carbonyl (C=O) groups excluding carboxylic acids is 1. The second-order valence-corrected chi connectivity index (χ2v) is 11.0. The summed E-state index contributed by atoms with van der Waals surface area (Å²) in [6.45, 7) is 3.35. The molecule has 0 spiro atoms. The first-order valence-electron chi connectivity index (χ1n) is 12.9. The maximum Gasteiger partial charge on any atom is 0.414 e. The third kappa shape index (κ3) is 17.3. The lowest BCUT2D eigenvalue weighted by molar-refractivity contribution is -0.384. The molecule has 6 N–H and O–H groups in total. The van der Waals surface area contributed by atoms with Gasteiger partial charge in [-0.15, -0.1) is 0 Å². The van der Waals surface area contributed by atoms with Gasteiger partial charge >= 0.3 is 11.9 Å². The summed E-state index contributed by atoms with van der Waals surface area (Å²) in [4.78, 5) is 42.8. The summed E-state index contributed by atoms with van der Waals surface area (Å²) < 4.78 is 30.3. The zero-order valence-electron chi connectivity index (χ0n) is 23.8. The molecule has 0 radical (unpaired) electrons. The Morgan fingerprint density at radius 2 is 1.53 bits per heavy atom. The number of nitro benzene ring substituents is 1. The standard InChI is InChI=1S/C24H35N5O7S.C2H2O4/c1-28(16-4-14-26-24(31)19-5-7-20(8-6-19)27-37(2,34)35)15-3-13-25-17-22(30)18-36-23-11-9-21(10-12-23)29(32)33;3-1(4)2(5)6/h5-12,22,25,27,30H,3-4,13-18H2,1-2H3,(H,26,31);(H,3,4)(H,5,6). The number of nitrogens with zero attached hydrogens (tertiary/aromatic N) is 2. The van der Waals surface area contributed by atoms with Crippen LogP contribution in [0.5, 0.6) is 5.75 Å². The first-order chi connectivity index (χ1) is 20.2. The fourth-order valence-electron chi connectivity index (χ4n) is 3.33. The van der Waals surface area contributed by atoms with E-state index in [-0.39, 0.29) is 18.2 Å². The minimum atomic E-state index is -3.36. The Morgan fingerprint density at radius 1 is 0.977 bits per heavy atom. The summed E-state index contributed by atoms with van der Waals surface area (Å²) >= 11 is 0. The topological polar surface area (TPSA) is 238 Å². The Balaban J connectivity index is 0.00000139. The zero-order chi connectivity index (χ0) is 32.4. The van der Waals surface area contributed by atoms with Crippen LogP contribution in [-0.4, -0.2) is 110 Å². The van der Waals surface area contributed by atoms with Gasteiger partial charge in [-0.25, -0.2) is 18.0 Å². The van der Waals surface area contributed by atoms with Gasteiger partial charge in [0.1, 0.15) is 18.5 Å². The first kappa shape index (κ1) is 36.7. The fraction of sp³-hybridized carbons (Fsp3) is 0.423. The number of aliphatic hydroxyl groups is 1. The van der Waals surface area contributed by atoms with Crippen molar-refractivity contribution in [2.45, 2.75) is 18.9 Å². The van der Waals surface area contributed by atoms with Crippen molar-refractivity contribution in [1.29, 1.82) is 0 Å². The van der Waals surface area contributed by atoms with Crippen LogP contribution in [0.3, 0.4) is 0 Å². The third-order valence-electron chi connectivity index (χ3n) is 5.40. The summed E-state index contributed by atoms with van der Waals surface area (Å²) in [6.07, 6.45) is 2.02. The monoisotopic (exact) mass is 627 g/mol. The molecule has 17 heteroatoms. The molecule has 0 aromatic heterocycles. The number of carboxylic acid groups (broad SMARTS) is 2. The van der Waals surface area contributed by atoms with E-state index in [0.717, 1.165) is 38.7 Å². The molecule has 2 aromatic rings. The highest BCUT2D eigenvalue weighted by atomic mass is 32.2. The Bertz CT molecular complexity index is 1280. The largest absolute Gasteiger partial charge is 0.491 e. The van der Waals surface area contributed by atoms with Gasteiger partial charge in [0.2, 0.25) is 10.0 Å². The lowest BCUT2D eigenvalue weighted by atomic mass is 10.2. The molecule has 1 amide bonds. The number of aliphatic carboxylic acids is 2. The van der Waals surface area contributed by atoms with Gasteiger partial charge in [0.25, 0.3) is 11.6 Å². The number of anilines is 1. The predicted octanol–water partition coefficient (Wildman–Crippen LogP) is 0.593. The molecule has 0 aliphatic rings. The maximum absolute atomic E-state index is 12.2. The Hall–Kier alpha value is -4.32. The molecule has 238 valence electrons. The molecule has 0 saturated carbocycles. The van der Waals surface area contributed by atoms with E-state index in [0.29, 0.717) is 30.1 Å². The minimum absolute atomic E-state index is 0.0158. The van der Waals surface area contributed by atoms with Gasteiger partial charge in [-0.1, -0.05) is 0 Å². The van der Waals surface area contributed by atoms with Gasteiger partial charge in [0, 0.05) is 36.5 Å². The second kappa shape index (κ2) is 19.0. The van der Waals surface area contributed by atoms with Crippen molar-refractivity contribution in [3.05, 3.63) is 64.2 Å². The molecule has 0 fully saturated rings. The van der Waals surface area contributed by atoms with E-state index in [1.165, 1.54) is 24.3 Å². The maximum atomic E-state index is 12.2. The van der Waals surface area contributed by atoms with Gasteiger partial charge in [-0.2, -0.15) is 0 Å². The van der Waals surface area contributed by atoms with E-state index in [4.69, 9.17) is 24.5 Å². The van der Waals surface area contributed by atoms with Gasteiger partial charge in [0.15, 0.2) is 0 Å². The summed E-state index contributed by atoms with van der Waals surface area (Å²) in [7, 11) is -1.35. The molecule has 2 aromatic carbocycles. The van der Waals surface area contributed by atoms with Gasteiger partial charge in [-0.05, 0) is 75.9 Å². The SMILES string of the molecule is CN(CCCNCC(O)COc1ccc([N+](=O)[O-])cc1)CCCNC(=O)c1ccc(NS(C)(=O)=O)cc1.O=C(O)C(=O)O. The molecule has 0 aliphatic heterocycles. The van der Waals surface area contributed by atoms with Crippen molar-refractivity contribution in [2.24, 2.45) is 0 Å². The summed E-state index contributed by atoms with van der Waals surface area (Å²) in [5, 5.41) is 41.5. The van der Waals surface area contributed by atoms with Crippen molar-refractivity contribution in [1.82, 2.24) is 15.5 Å². The van der Waals surface area contributed by atoms with E-state index >= 15 is 0 Å². The molecule has 0 heterocycles. The van der Waals surface area contributed by atoms with E-state index in [9.17, 15) is 28.4 Å². The average molecular weight is 628 g/mol. The number of rotatable bonds is 17. The quantitative estimate of drug-likeness (QED) is 0.0610. The smallest absolute Gasteiger partial charge is 0.414 e. The van der Waals surface area contributed by atoms with Crippen LogP contribution in [0.4, 0.5) is 11.4 Å². The van der Waals surface area contributed by atoms with Gasteiger partial charge < -0.3 is 35.6 Å². The lowest BCUT2D eigenvalue weighted by Crippen LogP contribution is -2.33. The molecular formula is C26H37N5O11S. The van der Waals surface area contributed by atoms with Crippen molar-refractivity contribution >= 4 is 39.2 Å². The van der Waals surface area contributed by atoms with E-state index < -0.39 is 33.0 Å². The Kier molecular flexibility index (Phi) is 16.2. The predicted molar refractivity (Wildman–Crippen MR) is 157 cm³/mol. The van der Waals surface area contributed by atoms with Crippen molar-refractivity contribution in [2.75, 3.05) is 57.4 Å². The first-order valence-corrected chi connectivity index (χ1v) is 14.8. The van der Waals surface area contributed by atoms with E-state index in [1.807, 2.05) is 7.05 Å². The van der Waals surface area contributed by atoms with Crippen LogP contribution >= 0.6 is 0 Å². The van der Waals surface area contributed by atoms with Crippen molar-refractivity contribution in [3.8, 4) is 5.75 Å². The third-order valence-corrected chi connectivity index (χ3v) is 6.01. The number of nitro groups is 1. The number of non-ortho nitro benzene ring substituents is 1. The Morgan fingerprint density at radius 3 is 2.05 bits per heavy atom. The molecule has 43 heavy (non-hydrogen) atoms. The van der Waals surface area contributed by atoms with Crippen LogP contribution in [0.15, 0.2) is 48.5 Å². The van der Waals surface area contributed by atoms with Crippen LogP contribution in [0.2, 0.25) is 0 Å². The summed E-state index contributed by atoms with van der Waals surface area (Å²) in [5.41, 5.74) is 0.844. The number of nitrogens with one attached hydrogen (secondary N) is 3. The van der Waals surface area contributed by atoms with Gasteiger partial charge in [-0.3, -0.25) is 19.6 Å². The number of carbonyl (C=O) groups is 3. The lowest BCUT2D eigenvalue weighted by Gasteiger charge is -2.17. The number of aliphatic hydroxyl groups excluding tert-OH is 1. The van der Waals surface area contributed by atoms with Crippen LogP contribution in [-0.2, 0) is 19.6 Å². The molecular weight excluding hydrogens is 590 g/mol. The number of sulfonamides is 1. The zero-order valence-corrected chi connectivity index (χ0v) is 24.6. The summed E-state index contributed by atoms with van der Waals surface area (Å²) in [5.74, 6) is -3.40. The highest BCUT2D eigenvalue weighted by Crippen LogP contribution is 2.17. The number of benzene rings is 2. The van der Waals surface area contributed by atoms with Crippen LogP contribution in [0.25, 0.3) is 0 Å². The van der Waals surface area contributed by atoms with E-state index in [2.05, 4.69) is 20.3 Å². The number of carboxylic acids is 2. The molecule has 0 aliphatic carbocycles. The van der Waals surface area contributed by atoms with E-state index in [1.54, 1.807) is 24.3 Å². The summed E-state index contributed by atoms with van der Waals surface area (Å²) in [6, 6.07) is 11.9. The minimum Gasteiger partial charge on any atom is -0.491 e. The average Bonchev–Trinajstić information content (AvgIpc) is 2.94. The number of amides is 1. The second-order valence-electron chi connectivity index (χ2n) is 9.25. The number of hydrogen-bond donors (Lipinski definition) is 6. The van der Waals surface area contributed by atoms with Crippen LogP contribution < -0.4 is 20.1 Å². The molecule has 2 rings (SSSR count).